The number of carbonyl (C=O) groups is 4. The number of anilines is 4. The molecule has 0 aromatic heterocycles. The van der Waals surface area contributed by atoms with E-state index in [4.69, 9.17) is 0 Å². The highest BCUT2D eigenvalue weighted by Crippen LogP contribution is 2.31. The Morgan fingerprint density at radius 3 is 2.42 bits per heavy atom. The molecule has 1 saturated heterocycles. The molecule has 0 radical (unpaired) electrons. The smallest absolute Gasteiger partial charge is 0.258 e. The van der Waals surface area contributed by atoms with Gasteiger partial charge in [0, 0.05) is 29.9 Å². The van der Waals surface area contributed by atoms with E-state index in [0.29, 0.717) is 29.2 Å². The number of aryl methyl sites for hydroxylation is 1. The number of nitrogens with zero attached hydrogens (tertiary/aromatic N) is 2. The van der Waals surface area contributed by atoms with Crippen molar-refractivity contribution < 1.29 is 19.2 Å². The molecule has 2 aliphatic heterocycles. The van der Waals surface area contributed by atoms with Gasteiger partial charge in [0.2, 0.25) is 17.7 Å². The predicted molar refractivity (Wildman–Crippen MR) is 138 cm³/mol. The lowest BCUT2D eigenvalue weighted by Crippen LogP contribution is -2.42. The average molecular weight is 483 g/mol. The minimum Gasteiger partial charge on any atom is -0.326 e. The quantitative estimate of drug-likeness (QED) is 0.589. The molecule has 8 heteroatoms. The Morgan fingerprint density at radius 1 is 0.917 bits per heavy atom. The fourth-order valence-corrected chi connectivity index (χ4v) is 4.65. The molecule has 0 saturated carbocycles. The van der Waals surface area contributed by atoms with Crippen molar-refractivity contribution in [2.24, 2.45) is 5.92 Å². The lowest BCUT2D eigenvalue weighted by atomic mass is 10.1. The van der Waals surface area contributed by atoms with E-state index in [1.165, 1.54) is 4.90 Å². The molecule has 3 aromatic carbocycles. The lowest BCUT2D eigenvalue weighted by molar-refractivity contribution is -0.122. The maximum Gasteiger partial charge on any atom is 0.258 e. The van der Waals surface area contributed by atoms with Gasteiger partial charge in [0.05, 0.1) is 17.3 Å². The Balaban J connectivity index is 1.26. The first-order valence-electron chi connectivity index (χ1n) is 11.8. The molecule has 0 spiro atoms. The Kier molecular flexibility index (Phi) is 6.01. The zero-order valence-corrected chi connectivity index (χ0v) is 20.1. The number of amides is 4. The van der Waals surface area contributed by atoms with Gasteiger partial charge in [-0.15, -0.1) is 0 Å². The van der Waals surface area contributed by atoms with E-state index in [0.717, 1.165) is 16.8 Å². The van der Waals surface area contributed by atoms with Crippen LogP contribution in [0.4, 0.5) is 22.7 Å². The van der Waals surface area contributed by atoms with Crippen LogP contribution in [0.5, 0.6) is 0 Å². The summed E-state index contributed by atoms with van der Waals surface area (Å²) in [6.45, 7) is 4.22. The molecule has 1 atom stereocenters. The highest BCUT2D eigenvalue weighted by molar-refractivity contribution is 6.15. The van der Waals surface area contributed by atoms with Gasteiger partial charge in [0.15, 0.2) is 0 Å². The van der Waals surface area contributed by atoms with Crippen molar-refractivity contribution in [2.75, 3.05) is 33.5 Å². The monoisotopic (exact) mass is 482 g/mol. The molecule has 1 fully saturated rings. The summed E-state index contributed by atoms with van der Waals surface area (Å²) >= 11 is 0. The Morgan fingerprint density at radius 2 is 1.64 bits per heavy atom. The van der Waals surface area contributed by atoms with Crippen LogP contribution < -0.4 is 20.4 Å². The van der Waals surface area contributed by atoms with Crippen LogP contribution in [0.15, 0.2) is 66.7 Å². The lowest BCUT2D eigenvalue weighted by Gasteiger charge is -2.29. The fourth-order valence-electron chi connectivity index (χ4n) is 4.65. The normalized spacial score (nSPS) is 17.0. The van der Waals surface area contributed by atoms with E-state index in [1.807, 2.05) is 38.1 Å². The van der Waals surface area contributed by atoms with Gasteiger partial charge < -0.3 is 15.5 Å². The third-order valence-electron chi connectivity index (χ3n) is 6.78. The first-order chi connectivity index (χ1) is 17.3. The van der Waals surface area contributed by atoms with Crippen LogP contribution in [0, 0.1) is 19.8 Å². The summed E-state index contributed by atoms with van der Waals surface area (Å²) in [6.07, 6.45) is 0.145. The van der Waals surface area contributed by atoms with Crippen molar-refractivity contribution in [3.05, 3.63) is 83.4 Å². The topological polar surface area (TPSA) is 98.8 Å². The molecule has 1 unspecified atom stereocenters. The van der Waals surface area contributed by atoms with Gasteiger partial charge >= 0.3 is 0 Å². The van der Waals surface area contributed by atoms with Gasteiger partial charge in [-0.2, -0.15) is 0 Å². The summed E-state index contributed by atoms with van der Waals surface area (Å²) in [5.74, 6) is -1.35. The standard InChI is InChI=1S/C28H26N4O4/c1-17-6-5-9-23(18(17)2)31-15-20(14-26(31)34)27(35)29-21-12-10-19(11-13-21)28(36)32-16-25(33)30-22-7-3-4-8-24(22)32/h3-13,20H,14-16H2,1-2H3,(H,29,35)(H,30,33). The van der Waals surface area contributed by atoms with Crippen molar-refractivity contribution in [3.8, 4) is 0 Å². The molecule has 2 heterocycles. The van der Waals surface area contributed by atoms with Crippen LogP contribution in [0.3, 0.4) is 0 Å². The molecule has 2 N–H and O–H groups in total. The number of carbonyl (C=O) groups excluding carboxylic acids is 4. The predicted octanol–water partition coefficient (Wildman–Crippen LogP) is 3.89. The van der Waals surface area contributed by atoms with Gasteiger partial charge in [-0.3, -0.25) is 24.1 Å². The minimum absolute atomic E-state index is 0.0685. The molecular formula is C28H26N4O4. The van der Waals surface area contributed by atoms with Crippen LogP contribution in [0.2, 0.25) is 0 Å². The van der Waals surface area contributed by atoms with Crippen molar-refractivity contribution in [2.45, 2.75) is 20.3 Å². The second-order valence-electron chi connectivity index (χ2n) is 9.15. The number of hydrogen-bond donors (Lipinski definition) is 2. The molecule has 4 amide bonds. The molecule has 8 nitrogen and oxygen atoms in total. The van der Waals surface area contributed by atoms with Crippen LogP contribution in [0.25, 0.3) is 0 Å². The van der Waals surface area contributed by atoms with E-state index in [-0.39, 0.29) is 36.6 Å². The van der Waals surface area contributed by atoms with Crippen LogP contribution in [-0.2, 0) is 14.4 Å². The van der Waals surface area contributed by atoms with Gasteiger partial charge in [0.25, 0.3) is 5.91 Å². The Labute approximate surface area is 208 Å². The van der Waals surface area contributed by atoms with E-state index < -0.39 is 5.92 Å². The first kappa shape index (κ1) is 23.3. The molecule has 5 rings (SSSR count). The second-order valence-corrected chi connectivity index (χ2v) is 9.15. The van der Waals surface area contributed by atoms with Crippen molar-refractivity contribution in [1.29, 1.82) is 0 Å². The maximum absolute atomic E-state index is 13.1. The van der Waals surface area contributed by atoms with Crippen molar-refractivity contribution in [1.82, 2.24) is 0 Å². The Hall–Kier alpha value is -4.46. The summed E-state index contributed by atoms with van der Waals surface area (Å²) in [5.41, 5.74) is 5.12. The second kappa shape index (κ2) is 9.30. The number of para-hydroxylation sites is 2. The van der Waals surface area contributed by atoms with E-state index >= 15 is 0 Å². The summed E-state index contributed by atoms with van der Waals surface area (Å²) in [7, 11) is 0. The Bertz CT molecular complexity index is 1380. The number of fused-ring (bicyclic) bond motifs is 1. The summed E-state index contributed by atoms with van der Waals surface area (Å²) in [6, 6.07) is 19.5. The van der Waals surface area contributed by atoms with Gasteiger partial charge in [-0.25, -0.2) is 0 Å². The van der Waals surface area contributed by atoms with Gasteiger partial charge in [0.1, 0.15) is 6.54 Å². The molecule has 3 aromatic rings. The summed E-state index contributed by atoms with van der Waals surface area (Å²) < 4.78 is 0. The zero-order chi connectivity index (χ0) is 25.4. The van der Waals surface area contributed by atoms with Crippen LogP contribution in [0.1, 0.15) is 27.9 Å². The molecule has 182 valence electrons. The number of rotatable bonds is 4. The maximum atomic E-state index is 13.1. The molecule has 36 heavy (non-hydrogen) atoms. The minimum atomic E-state index is -0.470. The van der Waals surface area contributed by atoms with Crippen molar-refractivity contribution in [3.63, 3.8) is 0 Å². The first-order valence-corrected chi connectivity index (χ1v) is 11.8. The highest BCUT2D eigenvalue weighted by Gasteiger charge is 2.36. The molecule has 0 aliphatic carbocycles. The average Bonchev–Trinajstić information content (AvgIpc) is 3.26. The number of nitrogens with one attached hydrogen (secondary N) is 2. The zero-order valence-electron chi connectivity index (χ0n) is 20.1. The highest BCUT2D eigenvalue weighted by atomic mass is 16.2. The SMILES string of the molecule is Cc1cccc(N2CC(C(=O)Nc3ccc(C(=O)N4CC(=O)Nc5ccccc54)cc3)CC2=O)c1C. The van der Waals surface area contributed by atoms with Crippen LogP contribution >= 0.6 is 0 Å². The summed E-state index contributed by atoms with van der Waals surface area (Å²) in [4.78, 5) is 53.9. The largest absolute Gasteiger partial charge is 0.326 e. The number of benzene rings is 3. The third kappa shape index (κ3) is 4.33. The van der Waals surface area contributed by atoms with E-state index in [2.05, 4.69) is 10.6 Å². The number of hydrogen-bond acceptors (Lipinski definition) is 4. The van der Waals surface area contributed by atoms with Gasteiger partial charge in [-0.1, -0.05) is 24.3 Å². The summed E-state index contributed by atoms with van der Waals surface area (Å²) in [5, 5.41) is 5.63. The van der Waals surface area contributed by atoms with E-state index in [9.17, 15) is 19.2 Å². The van der Waals surface area contributed by atoms with Gasteiger partial charge in [-0.05, 0) is 67.4 Å². The van der Waals surface area contributed by atoms with E-state index in [1.54, 1.807) is 47.4 Å². The third-order valence-corrected chi connectivity index (χ3v) is 6.78. The molecule has 2 aliphatic rings. The van der Waals surface area contributed by atoms with Crippen molar-refractivity contribution >= 4 is 46.4 Å². The fraction of sp³-hybridized carbons (Fsp3) is 0.214. The molecular weight excluding hydrogens is 456 g/mol. The van der Waals surface area contributed by atoms with Crippen LogP contribution in [-0.4, -0.2) is 36.7 Å². The molecule has 0 bridgehead atoms.